The van der Waals surface area contributed by atoms with E-state index in [-0.39, 0.29) is 12.2 Å². The van der Waals surface area contributed by atoms with Crippen LogP contribution >= 0.6 is 11.3 Å². The number of nitrogens with one attached hydrogen (secondary N) is 1. The maximum absolute atomic E-state index is 13.2. The zero-order valence-corrected chi connectivity index (χ0v) is 11.3. The highest BCUT2D eigenvalue weighted by Gasteiger charge is 2.11. The quantitative estimate of drug-likeness (QED) is 0.634. The number of nitro benzene ring substituents is 1. The Morgan fingerprint density at radius 2 is 2.25 bits per heavy atom. The van der Waals surface area contributed by atoms with Gasteiger partial charge in [-0.05, 0) is 34.0 Å². The molecule has 0 spiro atoms. The summed E-state index contributed by atoms with van der Waals surface area (Å²) in [6, 6.07) is 5.25. The number of hydrogen-bond donors (Lipinski definition) is 2. The number of nitrogens with zero attached hydrogens (tertiary/aromatic N) is 1. The minimum absolute atomic E-state index is 0.250. The van der Waals surface area contributed by atoms with Crippen molar-refractivity contribution in [3.63, 3.8) is 0 Å². The van der Waals surface area contributed by atoms with Gasteiger partial charge in [-0.3, -0.25) is 10.1 Å². The second-order valence-electron chi connectivity index (χ2n) is 4.28. The van der Waals surface area contributed by atoms with Gasteiger partial charge in [0.05, 0.1) is 17.1 Å². The van der Waals surface area contributed by atoms with Crippen LogP contribution in [0.1, 0.15) is 17.2 Å². The first-order valence-electron chi connectivity index (χ1n) is 5.91. The van der Waals surface area contributed by atoms with Gasteiger partial charge >= 0.3 is 0 Å². The molecule has 7 heteroatoms. The number of aliphatic hydroxyl groups excluding tert-OH is 1. The number of aliphatic hydroxyl groups is 1. The molecule has 1 aromatic heterocycles. The molecule has 1 aromatic carbocycles. The first-order valence-corrected chi connectivity index (χ1v) is 6.85. The Hall–Kier alpha value is -1.83. The van der Waals surface area contributed by atoms with E-state index >= 15 is 0 Å². The highest BCUT2D eigenvalue weighted by atomic mass is 32.1. The summed E-state index contributed by atoms with van der Waals surface area (Å²) in [6.07, 6.45) is -0.648. The van der Waals surface area contributed by atoms with Gasteiger partial charge in [0, 0.05) is 19.2 Å². The van der Waals surface area contributed by atoms with Crippen molar-refractivity contribution in [3.8, 4) is 0 Å². The largest absolute Gasteiger partial charge is 0.387 e. The number of hydrogen-bond acceptors (Lipinski definition) is 5. The summed E-state index contributed by atoms with van der Waals surface area (Å²) in [4.78, 5) is 9.99. The van der Waals surface area contributed by atoms with E-state index in [9.17, 15) is 19.6 Å². The Bertz CT molecular complexity index is 589. The molecule has 2 rings (SSSR count). The van der Waals surface area contributed by atoms with Crippen LogP contribution in [0.15, 0.2) is 35.0 Å². The molecule has 2 N–H and O–H groups in total. The highest BCUT2D eigenvalue weighted by molar-refractivity contribution is 7.07. The van der Waals surface area contributed by atoms with Crippen LogP contribution < -0.4 is 5.32 Å². The number of non-ortho nitro benzene ring substituents is 1. The molecule has 0 aliphatic carbocycles. The SMILES string of the molecule is O=[N+]([O-])c1cc(F)cc(CNCC(O)c2ccsc2)c1. The molecule has 106 valence electrons. The van der Waals surface area contributed by atoms with Gasteiger partial charge in [-0.2, -0.15) is 11.3 Å². The zero-order valence-electron chi connectivity index (χ0n) is 10.5. The summed E-state index contributed by atoms with van der Waals surface area (Å²) in [5, 5.41) is 27.1. The molecule has 5 nitrogen and oxygen atoms in total. The van der Waals surface area contributed by atoms with Crippen molar-refractivity contribution >= 4 is 17.0 Å². The van der Waals surface area contributed by atoms with Crippen LogP contribution in [0.3, 0.4) is 0 Å². The third-order valence-electron chi connectivity index (χ3n) is 2.75. The van der Waals surface area contributed by atoms with Gasteiger partial charge in [0.25, 0.3) is 5.69 Å². The van der Waals surface area contributed by atoms with Crippen LogP contribution in [-0.4, -0.2) is 16.6 Å². The van der Waals surface area contributed by atoms with Crippen molar-refractivity contribution in [2.75, 3.05) is 6.54 Å². The van der Waals surface area contributed by atoms with Crippen LogP contribution in [0.5, 0.6) is 0 Å². The van der Waals surface area contributed by atoms with Crippen molar-refractivity contribution in [1.82, 2.24) is 5.32 Å². The number of rotatable bonds is 6. The Kier molecular flexibility index (Phi) is 4.78. The summed E-state index contributed by atoms with van der Waals surface area (Å²) in [5.74, 6) is -0.644. The van der Waals surface area contributed by atoms with Gasteiger partial charge in [-0.25, -0.2) is 4.39 Å². The molecular formula is C13H13FN2O3S. The smallest absolute Gasteiger partial charge is 0.272 e. The molecular weight excluding hydrogens is 283 g/mol. The molecule has 0 saturated heterocycles. The lowest BCUT2D eigenvalue weighted by molar-refractivity contribution is -0.385. The second kappa shape index (κ2) is 6.56. The maximum Gasteiger partial charge on any atom is 0.272 e. The molecule has 1 unspecified atom stereocenters. The summed E-state index contributed by atoms with van der Waals surface area (Å²) < 4.78 is 13.2. The van der Waals surface area contributed by atoms with E-state index in [4.69, 9.17) is 0 Å². The molecule has 0 aliphatic heterocycles. The normalized spacial score (nSPS) is 12.3. The van der Waals surface area contributed by atoms with Gasteiger partial charge in [0.2, 0.25) is 0 Å². The lowest BCUT2D eigenvalue weighted by Gasteiger charge is -2.10. The molecule has 0 saturated carbocycles. The summed E-state index contributed by atoms with van der Waals surface area (Å²) in [7, 11) is 0. The minimum atomic E-state index is -0.648. The molecule has 0 bridgehead atoms. The van der Waals surface area contributed by atoms with Gasteiger partial charge in [-0.1, -0.05) is 0 Å². The van der Waals surface area contributed by atoms with Crippen LogP contribution in [0.25, 0.3) is 0 Å². The van der Waals surface area contributed by atoms with Crippen LogP contribution in [0.4, 0.5) is 10.1 Å². The average molecular weight is 296 g/mol. The van der Waals surface area contributed by atoms with Crippen molar-refractivity contribution in [2.24, 2.45) is 0 Å². The number of nitro groups is 1. The first-order chi connectivity index (χ1) is 9.56. The lowest BCUT2D eigenvalue weighted by atomic mass is 10.1. The summed E-state index contributed by atoms with van der Waals surface area (Å²) >= 11 is 1.49. The van der Waals surface area contributed by atoms with Crippen LogP contribution in [0.2, 0.25) is 0 Å². The van der Waals surface area contributed by atoms with Crippen LogP contribution in [-0.2, 0) is 6.54 Å². The molecule has 0 amide bonds. The van der Waals surface area contributed by atoms with Gasteiger partial charge in [0.1, 0.15) is 5.82 Å². The number of thiophene rings is 1. The van der Waals surface area contributed by atoms with Crippen LogP contribution in [0, 0.1) is 15.9 Å². The van der Waals surface area contributed by atoms with E-state index in [1.54, 1.807) is 0 Å². The first kappa shape index (κ1) is 14.6. The minimum Gasteiger partial charge on any atom is -0.387 e. The predicted octanol–water partition coefficient (Wildman–Crippen LogP) is 2.62. The highest BCUT2D eigenvalue weighted by Crippen LogP contribution is 2.17. The van der Waals surface area contributed by atoms with Crippen molar-refractivity contribution < 1.29 is 14.4 Å². The van der Waals surface area contributed by atoms with Crippen molar-refractivity contribution in [3.05, 3.63) is 62.1 Å². The Morgan fingerprint density at radius 3 is 2.90 bits per heavy atom. The second-order valence-corrected chi connectivity index (χ2v) is 5.06. The standard InChI is InChI=1S/C13H13FN2O3S/c14-11-3-9(4-12(5-11)16(18)19)6-15-7-13(17)10-1-2-20-8-10/h1-5,8,13,15,17H,6-7H2. The fraction of sp³-hybridized carbons (Fsp3) is 0.231. The predicted molar refractivity (Wildman–Crippen MR) is 74.0 cm³/mol. The van der Waals surface area contributed by atoms with Gasteiger partial charge in [0.15, 0.2) is 0 Å². The molecule has 2 aromatic rings. The maximum atomic E-state index is 13.2. The topological polar surface area (TPSA) is 75.4 Å². The number of benzene rings is 1. The molecule has 20 heavy (non-hydrogen) atoms. The fourth-order valence-electron chi connectivity index (χ4n) is 1.78. The van der Waals surface area contributed by atoms with E-state index < -0.39 is 16.8 Å². The fourth-order valence-corrected chi connectivity index (χ4v) is 2.48. The van der Waals surface area contributed by atoms with E-state index in [0.29, 0.717) is 12.1 Å². The summed E-state index contributed by atoms with van der Waals surface area (Å²) in [6.45, 7) is 0.543. The lowest BCUT2D eigenvalue weighted by Crippen LogP contribution is -2.20. The third kappa shape index (κ3) is 3.83. The van der Waals surface area contributed by atoms with Gasteiger partial charge in [-0.15, -0.1) is 0 Å². The molecule has 0 aliphatic rings. The molecule has 1 heterocycles. The third-order valence-corrected chi connectivity index (χ3v) is 3.45. The molecule has 1 atom stereocenters. The van der Waals surface area contributed by atoms with E-state index in [1.807, 2.05) is 16.8 Å². The summed E-state index contributed by atoms with van der Waals surface area (Å²) in [5.41, 5.74) is 1.00. The van der Waals surface area contributed by atoms with Crippen molar-refractivity contribution in [1.29, 1.82) is 0 Å². The molecule has 0 radical (unpaired) electrons. The number of halogens is 1. The monoisotopic (exact) mass is 296 g/mol. The van der Waals surface area contributed by atoms with Gasteiger partial charge < -0.3 is 10.4 Å². The van der Waals surface area contributed by atoms with E-state index in [0.717, 1.165) is 11.6 Å². The average Bonchev–Trinajstić information content (AvgIpc) is 2.91. The Morgan fingerprint density at radius 1 is 1.45 bits per heavy atom. The Balaban J connectivity index is 1.92. The van der Waals surface area contributed by atoms with E-state index in [2.05, 4.69) is 5.32 Å². The van der Waals surface area contributed by atoms with Crippen molar-refractivity contribution in [2.45, 2.75) is 12.6 Å². The molecule has 0 fully saturated rings. The Labute approximate surface area is 118 Å². The zero-order chi connectivity index (χ0) is 14.5. The van der Waals surface area contributed by atoms with E-state index in [1.165, 1.54) is 23.5 Å².